The summed E-state index contributed by atoms with van der Waals surface area (Å²) in [5.41, 5.74) is 3.31. The first-order valence-electron chi connectivity index (χ1n) is 7.58. The van der Waals surface area contributed by atoms with E-state index in [4.69, 9.17) is 0 Å². The summed E-state index contributed by atoms with van der Waals surface area (Å²) in [7, 11) is 0. The molecule has 0 aromatic heterocycles. The molecule has 1 aromatic rings. The molecule has 1 aromatic carbocycles. The summed E-state index contributed by atoms with van der Waals surface area (Å²) in [5.74, 6) is 0.847. The molecule has 1 heterocycles. The second-order valence-electron chi connectivity index (χ2n) is 7.86. The van der Waals surface area contributed by atoms with Crippen LogP contribution in [0.2, 0.25) is 0 Å². The van der Waals surface area contributed by atoms with Crippen molar-refractivity contribution in [1.82, 2.24) is 0 Å². The van der Waals surface area contributed by atoms with Crippen LogP contribution in [-0.2, 0) is 5.41 Å². The molecule has 1 unspecified atom stereocenters. The average Bonchev–Trinajstić information content (AvgIpc) is 2.26. The van der Waals surface area contributed by atoms with E-state index < -0.39 is 0 Å². The van der Waals surface area contributed by atoms with Gasteiger partial charge in [0.05, 0.1) is 0 Å². The third-order valence-electron chi connectivity index (χ3n) is 4.47. The first-order chi connectivity index (χ1) is 8.70. The molecule has 0 spiro atoms. The van der Waals surface area contributed by atoms with Gasteiger partial charge in [0.25, 0.3) is 0 Å². The highest BCUT2D eigenvalue weighted by Crippen LogP contribution is 2.36. The molecule has 1 saturated heterocycles. The maximum atomic E-state index is 2.58. The lowest BCUT2D eigenvalue weighted by Gasteiger charge is -2.46. The van der Waals surface area contributed by atoms with E-state index in [2.05, 4.69) is 70.7 Å². The number of nitrogens with zero attached hydrogens (tertiary/aromatic N) is 1. The maximum absolute atomic E-state index is 2.58. The van der Waals surface area contributed by atoms with Crippen LogP contribution in [0, 0.1) is 5.92 Å². The van der Waals surface area contributed by atoms with Crippen molar-refractivity contribution in [2.24, 2.45) is 5.92 Å². The summed E-state index contributed by atoms with van der Waals surface area (Å²) in [6.45, 7) is 15.1. The van der Waals surface area contributed by atoms with Gasteiger partial charge in [0.15, 0.2) is 0 Å². The van der Waals surface area contributed by atoms with Crippen molar-refractivity contribution in [1.29, 1.82) is 0 Å². The molecule has 0 N–H and O–H groups in total. The quantitative estimate of drug-likeness (QED) is 0.686. The molecular formula is C18H29N. The van der Waals surface area contributed by atoms with Crippen LogP contribution < -0.4 is 4.90 Å². The first-order valence-corrected chi connectivity index (χ1v) is 7.58. The van der Waals surface area contributed by atoms with E-state index in [9.17, 15) is 0 Å². The van der Waals surface area contributed by atoms with Crippen LogP contribution in [0.1, 0.15) is 59.9 Å². The lowest BCUT2D eigenvalue weighted by atomic mass is 9.83. The minimum Gasteiger partial charge on any atom is -0.366 e. The Kier molecular flexibility index (Phi) is 3.68. The molecule has 19 heavy (non-hydrogen) atoms. The Morgan fingerprint density at radius 3 is 2.16 bits per heavy atom. The fraction of sp³-hybridized carbons (Fsp3) is 0.667. The Labute approximate surface area is 119 Å². The molecule has 0 aliphatic carbocycles. The molecule has 1 heteroatoms. The SMILES string of the molecule is CC1CCN(c2ccc(C(C)(C)C)cc2)C(C)(C)C1. The molecule has 1 fully saturated rings. The van der Waals surface area contributed by atoms with Gasteiger partial charge in [-0.1, -0.05) is 39.8 Å². The lowest BCUT2D eigenvalue weighted by molar-refractivity contribution is 0.290. The van der Waals surface area contributed by atoms with Gasteiger partial charge < -0.3 is 4.90 Å². The van der Waals surface area contributed by atoms with Crippen molar-refractivity contribution in [3.8, 4) is 0 Å². The van der Waals surface area contributed by atoms with E-state index in [1.807, 2.05) is 0 Å². The van der Waals surface area contributed by atoms with Crippen molar-refractivity contribution in [2.75, 3.05) is 11.4 Å². The average molecular weight is 259 g/mol. The number of piperidine rings is 1. The molecule has 1 nitrogen and oxygen atoms in total. The third-order valence-corrected chi connectivity index (χ3v) is 4.47. The van der Waals surface area contributed by atoms with Crippen LogP contribution in [0.5, 0.6) is 0 Å². The van der Waals surface area contributed by atoms with E-state index >= 15 is 0 Å². The molecule has 1 aliphatic rings. The Balaban J connectivity index is 2.23. The highest BCUT2D eigenvalue weighted by molar-refractivity contribution is 5.51. The molecule has 1 atom stereocenters. The predicted octanol–water partition coefficient (Wildman–Crippen LogP) is 5.00. The molecule has 0 radical (unpaired) electrons. The highest BCUT2D eigenvalue weighted by Gasteiger charge is 2.33. The Morgan fingerprint density at radius 1 is 1.11 bits per heavy atom. The van der Waals surface area contributed by atoms with E-state index in [-0.39, 0.29) is 11.0 Å². The van der Waals surface area contributed by atoms with E-state index in [1.54, 1.807) is 0 Å². The van der Waals surface area contributed by atoms with Gasteiger partial charge in [-0.2, -0.15) is 0 Å². The zero-order valence-electron chi connectivity index (χ0n) is 13.5. The van der Waals surface area contributed by atoms with Crippen molar-refractivity contribution in [2.45, 2.75) is 65.3 Å². The van der Waals surface area contributed by atoms with Gasteiger partial charge in [-0.05, 0) is 55.7 Å². The van der Waals surface area contributed by atoms with Crippen molar-refractivity contribution >= 4 is 5.69 Å². The fourth-order valence-corrected chi connectivity index (χ4v) is 3.34. The smallest absolute Gasteiger partial charge is 0.0370 e. The first kappa shape index (κ1) is 14.4. The van der Waals surface area contributed by atoms with Crippen molar-refractivity contribution in [3.63, 3.8) is 0 Å². The van der Waals surface area contributed by atoms with Gasteiger partial charge in [0.1, 0.15) is 0 Å². The summed E-state index contributed by atoms with van der Waals surface area (Å²) in [4.78, 5) is 2.58. The van der Waals surface area contributed by atoms with Crippen molar-refractivity contribution < 1.29 is 0 Å². The van der Waals surface area contributed by atoms with Gasteiger partial charge in [-0.3, -0.25) is 0 Å². The van der Waals surface area contributed by atoms with Crippen LogP contribution >= 0.6 is 0 Å². The number of rotatable bonds is 1. The second-order valence-corrected chi connectivity index (χ2v) is 7.86. The van der Waals surface area contributed by atoms with Crippen LogP contribution in [0.25, 0.3) is 0 Å². The summed E-state index contributed by atoms with van der Waals surface area (Å²) < 4.78 is 0. The van der Waals surface area contributed by atoms with E-state index in [1.165, 1.54) is 30.6 Å². The largest absolute Gasteiger partial charge is 0.366 e. The number of hydrogen-bond donors (Lipinski definition) is 0. The molecule has 0 saturated carbocycles. The van der Waals surface area contributed by atoms with Crippen LogP contribution in [0.4, 0.5) is 5.69 Å². The zero-order chi connectivity index (χ0) is 14.3. The second kappa shape index (κ2) is 4.85. The van der Waals surface area contributed by atoms with E-state index in [0.717, 1.165) is 5.92 Å². The normalized spacial score (nSPS) is 23.5. The monoisotopic (exact) mass is 259 g/mol. The predicted molar refractivity (Wildman–Crippen MR) is 85.0 cm³/mol. The molecule has 0 bridgehead atoms. The minimum absolute atomic E-state index is 0.241. The standard InChI is InChI=1S/C18H29N/c1-14-11-12-19(18(5,6)13-14)16-9-7-15(8-10-16)17(2,3)4/h7-10,14H,11-13H2,1-6H3. The number of anilines is 1. The summed E-state index contributed by atoms with van der Waals surface area (Å²) >= 11 is 0. The van der Waals surface area contributed by atoms with Crippen LogP contribution in [0.15, 0.2) is 24.3 Å². The lowest BCUT2D eigenvalue weighted by Crippen LogP contribution is -2.49. The van der Waals surface area contributed by atoms with Crippen LogP contribution in [-0.4, -0.2) is 12.1 Å². The molecule has 1 aliphatic heterocycles. The highest BCUT2D eigenvalue weighted by atomic mass is 15.2. The van der Waals surface area contributed by atoms with Crippen LogP contribution in [0.3, 0.4) is 0 Å². The Morgan fingerprint density at radius 2 is 1.68 bits per heavy atom. The zero-order valence-corrected chi connectivity index (χ0v) is 13.5. The molecular weight excluding hydrogens is 230 g/mol. The Bertz CT molecular complexity index is 422. The van der Waals surface area contributed by atoms with Gasteiger partial charge >= 0.3 is 0 Å². The fourth-order valence-electron chi connectivity index (χ4n) is 3.34. The summed E-state index contributed by atoms with van der Waals surface area (Å²) in [6, 6.07) is 9.20. The van der Waals surface area contributed by atoms with Gasteiger partial charge in [-0.25, -0.2) is 0 Å². The molecule has 106 valence electrons. The number of benzene rings is 1. The minimum atomic E-state index is 0.241. The third kappa shape index (κ3) is 3.13. The Hall–Kier alpha value is -0.980. The van der Waals surface area contributed by atoms with Crippen molar-refractivity contribution in [3.05, 3.63) is 29.8 Å². The molecule has 0 amide bonds. The van der Waals surface area contributed by atoms with Gasteiger partial charge in [0.2, 0.25) is 0 Å². The summed E-state index contributed by atoms with van der Waals surface area (Å²) in [5, 5.41) is 0. The summed E-state index contributed by atoms with van der Waals surface area (Å²) in [6.07, 6.45) is 2.60. The van der Waals surface area contributed by atoms with Gasteiger partial charge in [0, 0.05) is 17.8 Å². The number of hydrogen-bond acceptors (Lipinski definition) is 1. The molecule has 2 rings (SSSR count). The van der Waals surface area contributed by atoms with Gasteiger partial charge in [-0.15, -0.1) is 0 Å². The topological polar surface area (TPSA) is 3.24 Å². The van der Waals surface area contributed by atoms with E-state index in [0.29, 0.717) is 0 Å². The maximum Gasteiger partial charge on any atom is 0.0370 e.